The number of aryl methyl sites for hydroxylation is 1. The molecule has 1 atom stereocenters. The number of nitrogens with zero attached hydrogens (tertiary/aromatic N) is 1. The first kappa shape index (κ1) is 12.3. The molecule has 0 N–H and O–H groups in total. The summed E-state index contributed by atoms with van der Waals surface area (Å²) in [6.45, 7) is 0. The van der Waals surface area contributed by atoms with Gasteiger partial charge in [0.1, 0.15) is 5.82 Å². The van der Waals surface area contributed by atoms with Gasteiger partial charge in [-0.1, -0.05) is 30.3 Å². The average molecular weight is 279 g/mol. The monoisotopic (exact) mass is 279 g/mol. The predicted octanol–water partition coefficient (Wildman–Crippen LogP) is 4.04. The summed E-state index contributed by atoms with van der Waals surface area (Å²) < 4.78 is 15.5. The van der Waals surface area contributed by atoms with Gasteiger partial charge in [0.25, 0.3) is 0 Å². The molecular formula is C18H14FNO. The molecular weight excluding hydrogens is 265 g/mol. The van der Waals surface area contributed by atoms with Gasteiger partial charge in [-0.15, -0.1) is 0 Å². The molecule has 0 unspecified atom stereocenters. The van der Waals surface area contributed by atoms with Crippen molar-refractivity contribution >= 4 is 16.7 Å². The van der Waals surface area contributed by atoms with Gasteiger partial charge >= 0.3 is 0 Å². The Balaban J connectivity index is 2.04. The fourth-order valence-corrected chi connectivity index (χ4v) is 3.49. The summed E-state index contributed by atoms with van der Waals surface area (Å²) in [5.74, 6) is -0.0979. The smallest absolute Gasteiger partial charge is 0.180 e. The lowest BCUT2D eigenvalue weighted by Gasteiger charge is -2.10. The van der Waals surface area contributed by atoms with Crippen molar-refractivity contribution in [3.8, 4) is 0 Å². The number of fused-ring (bicyclic) bond motifs is 3. The van der Waals surface area contributed by atoms with Crippen LogP contribution in [0.4, 0.5) is 4.39 Å². The highest BCUT2D eigenvalue weighted by Gasteiger charge is 2.35. The first-order valence-corrected chi connectivity index (χ1v) is 7.03. The Morgan fingerprint density at radius 3 is 2.67 bits per heavy atom. The third-order valence-electron chi connectivity index (χ3n) is 4.40. The fourth-order valence-electron chi connectivity index (χ4n) is 3.49. The van der Waals surface area contributed by atoms with Crippen LogP contribution in [0.15, 0.2) is 48.5 Å². The molecule has 3 heteroatoms. The molecule has 21 heavy (non-hydrogen) atoms. The topological polar surface area (TPSA) is 22.0 Å². The molecule has 0 saturated heterocycles. The zero-order chi connectivity index (χ0) is 14.6. The maximum atomic E-state index is 13.6. The zero-order valence-electron chi connectivity index (χ0n) is 11.6. The second kappa shape index (κ2) is 4.29. The van der Waals surface area contributed by atoms with Gasteiger partial charge in [-0.3, -0.25) is 4.79 Å². The lowest BCUT2D eigenvalue weighted by atomic mass is 9.92. The highest BCUT2D eigenvalue weighted by atomic mass is 19.1. The second-order valence-corrected chi connectivity index (χ2v) is 5.57. The van der Waals surface area contributed by atoms with Crippen molar-refractivity contribution in [1.82, 2.24) is 4.57 Å². The lowest BCUT2D eigenvalue weighted by molar-refractivity contribution is 0.0984. The first-order chi connectivity index (χ1) is 10.2. The molecule has 0 spiro atoms. The van der Waals surface area contributed by atoms with Crippen LogP contribution < -0.4 is 0 Å². The van der Waals surface area contributed by atoms with Crippen molar-refractivity contribution in [2.45, 2.75) is 12.3 Å². The maximum Gasteiger partial charge on any atom is 0.180 e. The van der Waals surface area contributed by atoms with E-state index in [1.807, 2.05) is 41.9 Å². The molecule has 1 aliphatic rings. The molecule has 0 bridgehead atoms. The number of carbonyl (C=O) groups is 1. The van der Waals surface area contributed by atoms with Gasteiger partial charge in [-0.05, 0) is 29.3 Å². The van der Waals surface area contributed by atoms with Gasteiger partial charge in [0.15, 0.2) is 5.78 Å². The van der Waals surface area contributed by atoms with Crippen LogP contribution in [0.2, 0.25) is 0 Å². The number of halogens is 1. The standard InChI is InChI=1S/C18H14FNO/c1-20-15-8-7-12(19)9-14(15)17-13(10-16(21)18(17)20)11-5-3-2-4-6-11/h2-9,13H,10H2,1H3/t13-/m1/s1. The van der Waals surface area contributed by atoms with Crippen LogP contribution in [0.25, 0.3) is 10.9 Å². The van der Waals surface area contributed by atoms with Crippen molar-refractivity contribution in [2.24, 2.45) is 7.05 Å². The van der Waals surface area contributed by atoms with Crippen molar-refractivity contribution in [3.05, 3.63) is 71.2 Å². The summed E-state index contributed by atoms with van der Waals surface area (Å²) in [5.41, 5.74) is 3.73. The summed E-state index contributed by atoms with van der Waals surface area (Å²) >= 11 is 0. The number of rotatable bonds is 1. The minimum absolute atomic E-state index is 0.0270. The molecule has 2 nitrogen and oxygen atoms in total. The lowest BCUT2D eigenvalue weighted by Crippen LogP contribution is -2.01. The van der Waals surface area contributed by atoms with Crippen LogP contribution in [-0.4, -0.2) is 10.4 Å². The molecule has 104 valence electrons. The minimum atomic E-state index is -0.262. The van der Waals surface area contributed by atoms with E-state index >= 15 is 0 Å². The quantitative estimate of drug-likeness (QED) is 0.659. The van der Waals surface area contributed by atoms with Crippen LogP contribution in [0, 0.1) is 5.82 Å². The molecule has 2 aromatic carbocycles. The molecule has 0 fully saturated rings. The van der Waals surface area contributed by atoms with E-state index in [0.29, 0.717) is 6.42 Å². The number of Topliss-reactive ketones (excluding diaryl/α,β-unsaturated/α-hetero) is 1. The second-order valence-electron chi connectivity index (χ2n) is 5.57. The van der Waals surface area contributed by atoms with Crippen LogP contribution in [-0.2, 0) is 7.05 Å². The zero-order valence-corrected chi connectivity index (χ0v) is 11.6. The fraction of sp³-hybridized carbons (Fsp3) is 0.167. The highest BCUT2D eigenvalue weighted by molar-refractivity contribution is 6.07. The van der Waals surface area contributed by atoms with Gasteiger partial charge < -0.3 is 4.57 Å². The molecule has 1 heterocycles. The summed E-state index contributed by atoms with van der Waals surface area (Å²) in [6.07, 6.45) is 0.467. The molecule has 1 aliphatic carbocycles. The van der Waals surface area contributed by atoms with E-state index in [0.717, 1.165) is 27.7 Å². The van der Waals surface area contributed by atoms with E-state index in [-0.39, 0.29) is 17.5 Å². The van der Waals surface area contributed by atoms with Gasteiger partial charge in [0.05, 0.1) is 5.69 Å². The summed E-state index contributed by atoms with van der Waals surface area (Å²) in [5, 5.41) is 0.854. The van der Waals surface area contributed by atoms with Crippen molar-refractivity contribution in [1.29, 1.82) is 0 Å². The molecule has 4 rings (SSSR count). The van der Waals surface area contributed by atoms with Crippen LogP contribution in [0.5, 0.6) is 0 Å². The molecule has 0 aliphatic heterocycles. The Kier molecular flexibility index (Phi) is 2.52. The van der Waals surface area contributed by atoms with Crippen LogP contribution >= 0.6 is 0 Å². The van der Waals surface area contributed by atoms with E-state index in [1.54, 1.807) is 12.1 Å². The van der Waals surface area contributed by atoms with Crippen LogP contribution in [0.3, 0.4) is 0 Å². The minimum Gasteiger partial charge on any atom is -0.341 e. The van der Waals surface area contributed by atoms with Crippen LogP contribution in [0.1, 0.15) is 34.0 Å². The van der Waals surface area contributed by atoms with Crippen molar-refractivity contribution in [3.63, 3.8) is 0 Å². The third-order valence-corrected chi connectivity index (χ3v) is 4.40. The SMILES string of the molecule is Cn1c2c(c3cc(F)ccc31)[C@@H](c1ccccc1)CC2=O. The largest absolute Gasteiger partial charge is 0.341 e. The first-order valence-electron chi connectivity index (χ1n) is 7.03. The van der Waals surface area contributed by atoms with Crippen molar-refractivity contribution in [2.75, 3.05) is 0 Å². The molecule has 0 radical (unpaired) electrons. The predicted molar refractivity (Wildman–Crippen MR) is 80.1 cm³/mol. The number of aromatic nitrogens is 1. The summed E-state index contributed by atoms with van der Waals surface area (Å²) in [4.78, 5) is 12.4. The molecule has 0 amide bonds. The maximum absolute atomic E-state index is 13.6. The van der Waals surface area contributed by atoms with Gasteiger partial charge in [0.2, 0.25) is 0 Å². The van der Waals surface area contributed by atoms with E-state index in [1.165, 1.54) is 6.07 Å². The average Bonchev–Trinajstić information content (AvgIpc) is 2.98. The highest BCUT2D eigenvalue weighted by Crippen LogP contribution is 2.43. The Morgan fingerprint density at radius 2 is 1.90 bits per heavy atom. The molecule has 1 aromatic heterocycles. The number of hydrogen-bond acceptors (Lipinski definition) is 1. The number of hydrogen-bond donors (Lipinski definition) is 0. The van der Waals surface area contributed by atoms with E-state index in [4.69, 9.17) is 0 Å². The molecule has 0 saturated carbocycles. The summed E-state index contributed by atoms with van der Waals surface area (Å²) in [7, 11) is 1.88. The number of ketones is 1. The Labute approximate surface area is 121 Å². The van der Waals surface area contributed by atoms with E-state index in [9.17, 15) is 9.18 Å². The number of benzene rings is 2. The van der Waals surface area contributed by atoms with E-state index in [2.05, 4.69) is 0 Å². The Hall–Kier alpha value is -2.42. The third kappa shape index (κ3) is 1.67. The van der Waals surface area contributed by atoms with E-state index < -0.39 is 0 Å². The van der Waals surface area contributed by atoms with Gasteiger partial charge in [-0.2, -0.15) is 0 Å². The Bertz CT molecular complexity index is 864. The van der Waals surface area contributed by atoms with Gasteiger partial charge in [-0.25, -0.2) is 4.39 Å². The summed E-state index contributed by atoms with van der Waals surface area (Å²) in [6, 6.07) is 14.7. The Morgan fingerprint density at radius 1 is 1.14 bits per heavy atom. The normalized spacial score (nSPS) is 17.4. The number of carbonyl (C=O) groups excluding carboxylic acids is 1. The van der Waals surface area contributed by atoms with Gasteiger partial charge in [0, 0.05) is 30.3 Å². The van der Waals surface area contributed by atoms with Crippen molar-refractivity contribution < 1.29 is 9.18 Å². The molecule has 3 aromatic rings.